The third kappa shape index (κ3) is 4.89. The number of hydrogen-bond donors (Lipinski definition) is 0. The second-order valence-corrected chi connectivity index (χ2v) is 25.7. The second kappa shape index (κ2) is 12.7. The van der Waals surface area contributed by atoms with E-state index in [2.05, 4.69) is 205 Å². The summed E-state index contributed by atoms with van der Waals surface area (Å²) < 4.78 is 8.16. The van der Waals surface area contributed by atoms with E-state index < -0.39 is 0 Å². The molecule has 0 fully saturated rings. The molecule has 2 aliphatic heterocycles. The third-order valence-corrected chi connectivity index (χ3v) is 19.6. The van der Waals surface area contributed by atoms with E-state index >= 15 is 0 Å². The zero-order chi connectivity index (χ0) is 46.1. The maximum atomic E-state index is 2.78. The molecule has 0 spiro atoms. The van der Waals surface area contributed by atoms with Crippen molar-refractivity contribution in [1.82, 2.24) is 4.57 Å². The molecular formula is C63H53BN2S2. The summed E-state index contributed by atoms with van der Waals surface area (Å²) in [5.41, 5.74) is 22.2. The Morgan fingerprint density at radius 1 is 0.529 bits per heavy atom. The Balaban J connectivity index is 1.21. The topological polar surface area (TPSA) is 8.17 Å². The molecule has 3 aromatic heterocycles. The van der Waals surface area contributed by atoms with Gasteiger partial charge in [0.2, 0.25) is 0 Å². The van der Waals surface area contributed by atoms with Crippen LogP contribution in [0.4, 0.5) is 11.4 Å². The molecule has 330 valence electrons. The summed E-state index contributed by atoms with van der Waals surface area (Å²) in [5.74, 6) is 0. The first-order valence-electron chi connectivity index (χ1n) is 24.7. The highest BCUT2D eigenvalue weighted by Crippen LogP contribution is 2.60. The van der Waals surface area contributed by atoms with Crippen LogP contribution in [0.1, 0.15) is 103 Å². The minimum absolute atomic E-state index is 0.0348. The highest BCUT2D eigenvalue weighted by Gasteiger charge is 2.50. The first-order chi connectivity index (χ1) is 32.6. The molecule has 2 nitrogen and oxygen atoms in total. The maximum Gasteiger partial charge on any atom is 0.333 e. The number of thiophene rings is 2. The van der Waals surface area contributed by atoms with Gasteiger partial charge < -0.3 is 9.38 Å². The zero-order valence-electron chi connectivity index (χ0n) is 40.4. The van der Waals surface area contributed by atoms with Gasteiger partial charge in [-0.2, -0.15) is 0 Å². The maximum absolute atomic E-state index is 2.78. The summed E-state index contributed by atoms with van der Waals surface area (Å²) in [5, 5.41) is 8.21. The minimum Gasteiger partial charge on any atom is -0.376 e. The lowest BCUT2D eigenvalue weighted by atomic mass is 9.43. The summed E-state index contributed by atoms with van der Waals surface area (Å²) in [6.07, 6.45) is 2.36. The number of nitrogens with zero attached hydrogens (tertiary/aromatic N) is 2. The van der Waals surface area contributed by atoms with E-state index in [0.717, 1.165) is 0 Å². The van der Waals surface area contributed by atoms with Gasteiger partial charge in [-0.15, -0.1) is 22.7 Å². The molecule has 0 radical (unpaired) electrons. The standard InChI is InChI=1S/C63H53BN2S2/c1-60(2,3)34-22-24-35(25-23-34)66-48-29-39-36-16-11-14-20-50(36)67-52(39)31-42(48)55-54-38-18-10-13-19-43(38)63(8,9)57(54)56-41-28-44-45(62(6,7)27-26-61(44,4)5)32-47(41)65-49-30-40-37-17-12-15-21-51(37)68-53(40)33-46(49)64(66)58(55)59(56)65/h10-25,28-33H,26-27H2,1-9H3. The van der Waals surface area contributed by atoms with Crippen LogP contribution in [0.5, 0.6) is 0 Å². The number of anilines is 2. The molecule has 0 saturated heterocycles. The normalized spacial score (nSPS) is 17.1. The second-order valence-electron chi connectivity index (χ2n) is 23.5. The van der Waals surface area contributed by atoms with Crippen LogP contribution >= 0.6 is 22.7 Å². The van der Waals surface area contributed by atoms with Gasteiger partial charge in [0.05, 0.1) is 11.0 Å². The molecule has 68 heavy (non-hydrogen) atoms. The molecule has 5 heterocycles. The summed E-state index contributed by atoms with van der Waals surface area (Å²) in [4.78, 5) is 2.77. The number of rotatable bonds is 1. The molecule has 0 atom stereocenters. The van der Waals surface area contributed by atoms with Crippen molar-refractivity contribution in [3.8, 4) is 27.9 Å². The smallest absolute Gasteiger partial charge is 0.333 e. The van der Waals surface area contributed by atoms with Crippen LogP contribution in [0, 0.1) is 0 Å². The van der Waals surface area contributed by atoms with Crippen molar-refractivity contribution in [2.24, 2.45) is 0 Å². The van der Waals surface area contributed by atoms with Gasteiger partial charge in [0.25, 0.3) is 0 Å². The van der Waals surface area contributed by atoms with Gasteiger partial charge in [0.15, 0.2) is 0 Å². The molecule has 0 saturated carbocycles. The molecule has 8 aromatic carbocycles. The van der Waals surface area contributed by atoms with Crippen molar-refractivity contribution < 1.29 is 0 Å². The largest absolute Gasteiger partial charge is 0.376 e. The van der Waals surface area contributed by atoms with Crippen LogP contribution in [0.2, 0.25) is 0 Å². The molecule has 0 N–H and O–H groups in total. The summed E-state index contributed by atoms with van der Waals surface area (Å²) in [7, 11) is 0. The van der Waals surface area contributed by atoms with Gasteiger partial charge in [-0.05, 0) is 145 Å². The molecule has 5 heteroatoms. The Bertz CT molecular complexity index is 4110. The van der Waals surface area contributed by atoms with Gasteiger partial charge in [-0.1, -0.05) is 135 Å². The lowest BCUT2D eigenvalue weighted by Crippen LogP contribution is -2.60. The predicted molar refractivity (Wildman–Crippen MR) is 297 cm³/mol. The Morgan fingerprint density at radius 3 is 1.81 bits per heavy atom. The zero-order valence-corrected chi connectivity index (χ0v) is 42.0. The number of aromatic nitrogens is 1. The molecule has 2 aliphatic carbocycles. The Kier molecular flexibility index (Phi) is 7.46. The molecule has 0 amide bonds. The van der Waals surface area contributed by atoms with Gasteiger partial charge in [0.1, 0.15) is 0 Å². The first-order valence-corrected chi connectivity index (χ1v) is 26.4. The molecule has 0 bridgehead atoms. The van der Waals surface area contributed by atoms with Crippen LogP contribution in [0.3, 0.4) is 0 Å². The lowest BCUT2D eigenvalue weighted by molar-refractivity contribution is 0.332. The number of benzene rings is 8. The molecule has 15 rings (SSSR count). The highest BCUT2D eigenvalue weighted by molar-refractivity contribution is 7.26. The third-order valence-electron chi connectivity index (χ3n) is 17.3. The van der Waals surface area contributed by atoms with Crippen molar-refractivity contribution >= 4 is 114 Å². The summed E-state index contributed by atoms with van der Waals surface area (Å²) >= 11 is 3.88. The lowest BCUT2D eigenvalue weighted by Gasteiger charge is -2.43. The molecular weight excluding hydrogens is 860 g/mol. The Hall–Kier alpha value is -6.14. The monoisotopic (exact) mass is 912 g/mol. The quantitative estimate of drug-likeness (QED) is 0.149. The van der Waals surface area contributed by atoms with Crippen LogP contribution in [-0.2, 0) is 21.7 Å². The predicted octanol–water partition coefficient (Wildman–Crippen LogP) is 16.7. The van der Waals surface area contributed by atoms with E-state index in [0.29, 0.717) is 0 Å². The average Bonchev–Trinajstić information content (AvgIpc) is 4.04. The van der Waals surface area contributed by atoms with E-state index in [9.17, 15) is 0 Å². The van der Waals surface area contributed by atoms with Crippen molar-refractivity contribution in [3.05, 3.63) is 161 Å². The van der Waals surface area contributed by atoms with E-state index in [1.165, 1.54) is 153 Å². The van der Waals surface area contributed by atoms with E-state index in [-0.39, 0.29) is 28.5 Å². The first kappa shape index (κ1) is 39.8. The van der Waals surface area contributed by atoms with Crippen LogP contribution < -0.4 is 15.7 Å². The van der Waals surface area contributed by atoms with Gasteiger partial charge in [-0.25, -0.2) is 0 Å². The van der Waals surface area contributed by atoms with E-state index in [1.807, 2.05) is 22.7 Å². The van der Waals surface area contributed by atoms with Crippen molar-refractivity contribution in [3.63, 3.8) is 0 Å². The fraction of sp³-hybridized carbons (Fsp3) is 0.238. The van der Waals surface area contributed by atoms with Crippen LogP contribution in [0.25, 0.3) is 90.1 Å². The van der Waals surface area contributed by atoms with Crippen molar-refractivity contribution in [1.29, 1.82) is 0 Å². The SMILES string of the molecule is CC(C)(C)c1ccc(N2B3c4cc5sc6ccccc6c5cc4-n4c5cc6c(cc5c5c7c(c(c3c54)-c3cc4sc5ccccc5c4cc32)-c2ccccc2C7(C)C)C(C)(C)CCC6(C)C)cc1. The van der Waals surface area contributed by atoms with Crippen LogP contribution in [-0.4, -0.2) is 11.4 Å². The minimum atomic E-state index is -0.240. The molecule has 0 unspecified atom stereocenters. The van der Waals surface area contributed by atoms with Gasteiger partial charge >= 0.3 is 6.85 Å². The van der Waals surface area contributed by atoms with Gasteiger partial charge in [-0.3, -0.25) is 0 Å². The summed E-state index contributed by atoms with van der Waals surface area (Å²) in [6.45, 7) is 21.9. The molecule has 11 aromatic rings. The Labute approximate surface area is 407 Å². The van der Waals surface area contributed by atoms with Crippen molar-refractivity contribution in [2.45, 2.75) is 96.8 Å². The highest BCUT2D eigenvalue weighted by atomic mass is 32.1. The fourth-order valence-corrected chi connectivity index (χ4v) is 16.0. The average molecular weight is 913 g/mol. The van der Waals surface area contributed by atoms with E-state index in [1.54, 1.807) is 0 Å². The van der Waals surface area contributed by atoms with Crippen molar-refractivity contribution in [2.75, 3.05) is 4.81 Å². The number of fused-ring (bicyclic) bond motifs is 20. The molecule has 4 aliphatic rings. The fourth-order valence-electron chi connectivity index (χ4n) is 13.8. The Morgan fingerprint density at radius 2 is 1.13 bits per heavy atom. The van der Waals surface area contributed by atoms with Gasteiger partial charge in [0, 0.05) is 79.2 Å². The summed E-state index contributed by atoms with van der Waals surface area (Å²) in [6, 6.07) is 52.9. The number of hydrogen-bond acceptors (Lipinski definition) is 3. The van der Waals surface area contributed by atoms with E-state index in [4.69, 9.17) is 0 Å². The van der Waals surface area contributed by atoms with Crippen LogP contribution in [0.15, 0.2) is 133 Å².